The number of rotatable bonds is 5. The second-order valence-corrected chi connectivity index (χ2v) is 5.80. The highest BCUT2D eigenvalue weighted by Gasteiger charge is 2.06. The number of carbonyl (C=O) groups excluding carboxylic acids is 1. The fraction of sp³-hybridized carbons (Fsp3) is 0.214. The third-order valence-electron chi connectivity index (χ3n) is 2.68. The SMILES string of the molecule is COC(=O)Cc1ccc(CNc2ccc(O)c(Cl)c2)s1. The normalized spacial score (nSPS) is 10.3. The lowest BCUT2D eigenvalue weighted by atomic mass is 10.3. The summed E-state index contributed by atoms with van der Waals surface area (Å²) < 4.78 is 4.63. The largest absolute Gasteiger partial charge is 0.506 e. The minimum atomic E-state index is -0.239. The maximum absolute atomic E-state index is 11.2. The van der Waals surface area contributed by atoms with Crippen LogP contribution in [0.5, 0.6) is 5.75 Å². The first-order chi connectivity index (χ1) is 9.58. The van der Waals surface area contributed by atoms with Crippen molar-refractivity contribution in [3.8, 4) is 5.75 Å². The van der Waals surface area contributed by atoms with E-state index in [0.29, 0.717) is 18.0 Å². The molecule has 0 unspecified atom stereocenters. The van der Waals surface area contributed by atoms with Gasteiger partial charge in [0.25, 0.3) is 0 Å². The number of hydrogen-bond donors (Lipinski definition) is 2. The molecule has 20 heavy (non-hydrogen) atoms. The van der Waals surface area contributed by atoms with Gasteiger partial charge in [0.1, 0.15) is 5.75 Å². The fourth-order valence-corrected chi connectivity index (χ4v) is 2.76. The van der Waals surface area contributed by atoms with E-state index in [0.717, 1.165) is 15.4 Å². The van der Waals surface area contributed by atoms with Crippen LogP contribution in [0, 0.1) is 0 Å². The number of esters is 1. The van der Waals surface area contributed by atoms with Crippen LogP contribution < -0.4 is 5.32 Å². The van der Waals surface area contributed by atoms with Crippen LogP contribution in [-0.4, -0.2) is 18.2 Å². The van der Waals surface area contributed by atoms with Crippen LogP contribution >= 0.6 is 22.9 Å². The number of thiophene rings is 1. The van der Waals surface area contributed by atoms with Gasteiger partial charge in [-0.05, 0) is 30.3 Å². The van der Waals surface area contributed by atoms with Crippen molar-refractivity contribution in [2.45, 2.75) is 13.0 Å². The van der Waals surface area contributed by atoms with Crippen LogP contribution in [0.1, 0.15) is 9.75 Å². The number of phenols is 1. The summed E-state index contributed by atoms with van der Waals surface area (Å²) in [6.07, 6.45) is 0.298. The molecule has 0 fully saturated rings. The molecule has 0 aliphatic rings. The maximum atomic E-state index is 11.2. The molecule has 2 rings (SSSR count). The molecule has 0 saturated carbocycles. The summed E-state index contributed by atoms with van der Waals surface area (Å²) in [6, 6.07) is 8.85. The van der Waals surface area contributed by atoms with Gasteiger partial charge in [0.15, 0.2) is 0 Å². The number of carbonyl (C=O) groups is 1. The van der Waals surface area contributed by atoms with E-state index in [4.69, 9.17) is 11.6 Å². The van der Waals surface area contributed by atoms with E-state index in [2.05, 4.69) is 10.1 Å². The molecule has 0 amide bonds. The number of halogens is 1. The number of anilines is 1. The van der Waals surface area contributed by atoms with Gasteiger partial charge < -0.3 is 15.2 Å². The molecule has 0 aliphatic carbocycles. The zero-order valence-corrected chi connectivity index (χ0v) is 12.4. The number of benzene rings is 1. The van der Waals surface area contributed by atoms with Crippen molar-refractivity contribution >= 4 is 34.6 Å². The molecule has 0 radical (unpaired) electrons. The summed E-state index contributed by atoms with van der Waals surface area (Å²) in [6.45, 7) is 0.632. The number of nitrogens with one attached hydrogen (secondary N) is 1. The Morgan fingerprint density at radius 2 is 2.10 bits per heavy atom. The monoisotopic (exact) mass is 311 g/mol. The van der Waals surface area contributed by atoms with Gasteiger partial charge in [-0.2, -0.15) is 0 Å². The van der Waals surface area contributed by atoms with Gasteiger partial charge in [-0.3, -0.25) is 4.79 Å². The third kappa shape index (κ3) is 3.88. The Labute approximate surface area is 126 Å². The molecule has 106 valence electrons. The summed E-state index contributed by atoms with van der Waals surface area (Å²) in [5.74, 6) is -0.176. The molecule has 0 spiro atoms. The second kappa shape index (κ2) is 6.63. The summed E-state index contributed by atoms with van der Waals surface area (Å²) >= 11 is 7.39. The third-order valence-corrected chi connectivity index (χ3v) is 4.07. The summed E-state index contributed by atoms with van der Waals surface area (Å²) in [4.78, 5) is 13.2. The maximum Gasteiger partial charge on any atom is 0.310 e. The summed E-state index contributed by atoms with van der Waals surface area (Å²) in [5, 5.41) is 12.9. The van der Waals surface area contributed by atoms with Crippen molar-refractivity contribution < 1.29 is 14.6 Å². The first-order valence-corrected chi connectivity index (χ1v) is 7.14. The van der Waals surface area contributed by atoms with Crippen molar-refractivity contribution in [2.75, 3.05) is 12.4 Å². The number of ether oxygens (including phenoxy) is 1. The Kier molecular flexibility index (Phi) is 4.87. The lowest BCUT2D eigenvalue weighted by molar-refractivity contribution is -0.139. The van der Waals surface area contributed by atoms with Crippen LogP contribution in [0.4, 0.5) is 5.69 Å². The Hall–Kier alpha value is -1.72. The zero-order chi connectivity index (χ0) is 14.5. The minimum absolute atomic E-state index is 0.0636. The Morgan fingerprint density at radius 3 is 2.80 bits per heavy atom. The van der Waals surface area contributed by atoms with Crippen LogP contribution in [0.15, 0.2) is 30.3 Å². The minimum Gasteiger partial charge on any atom is -0.506 e. The van der Waals surface area contributed by atoms with E-state index >= 15 is 0 Å². The van der Waals surface area contributed by atoms with Gasteiger partial charge in [0.2, 0.25) is 0 Å². The Morgan fingerprint density at radius 1 is 1.35 bits per heavy atom. The Bertz CT molecular complexity index is 612. The molecule has 1 heterocycles. The van der Waals surface area contributed by atoms with Gasteiger partial charge in [-0.25, -0.2) is 0 Å². The smallest absolute Gasteiger partial charge is 0.310 e. The second-order valence-electron chi connectivity index (χ2n) is 4.14. The van der Waals surface area contributed by atoms with Crippen molar-refractivity contribution in [2.24, 2.45) is 0 Å². The highest BCUT2D eigenvalue weighted by atomic mass is 35.5. The van der Waals surface area contributed by atoms with E-state index in [1.165, 1.54) is 7.11 Å². The predicted molar refractivity (Wildman–Crippen MR) is 80.5 cm³/mol. The zero-order valence-electron chi connectivity index (χ0n) is 10.9. The number of phenolic OH excluding ortho intramolecular Hbond substituents is 1. The molecule has 0 atom stereocenters. The molecule has 0 saturated heterocycles. The Balaban J connectivity index is 1.93. The van der Waals surface area contributed by atoms with Crippen molar-refractivity contribution in [1.29, 1.82) is 0 Å². The van der Waals surface area contributed by atoms with E-state index in [1.54, 1.807) is 29.5 Å². The predicted octanol–water partition coefficient (Wildman–Crippen LogP) is 3.43. The average molecular weight is 312 g/mol. The number of methoxy groups -OCH3 is 1. The van der Waals surface area contributed by atoms with Crippen LogP contribution in [0.25, 0.3) is 0 Å². The standard InChI is InChI=1S/C14H14ClNO3S/c1-19-14(18)7-10-3-4-11(20-10)8-16-9-2-5-13(17)12(15)6-9/h2-6,16-17H,7-8H2,1H3. The van der Waals surface area contributed by atoms with E-state index in [9.17, 15) is 9.90 Å². The van der Waals surface area contributed by atoms with E-state index in [1.807, 2.05) is 12.1 Å². The molecule has 1 aromatic carbocycles. The lowest BCUT2D eigenvalue weighted by Gasteiger charge is -2.06. The molecule has 2 N–H and O–H groups in total. The number of aromatic hydroxyl groups is 1. The van der Waals surface area contributed by atoms with Gasteiger partial charge in [-0.1, -0.05) is 11.6 Å². The van der Waals surface area contributed by atoms with E-state index in [-0.39, 0.29) is 11.7 Å². The first-order valence-electron chi connectivity index (χ1n) is 5.95. The topological polar surface area (TPSA) is 58.6 Å². The average Bonchev–Trinajstić information content (AvgIpc) is 2.87. The summed E-state index contributed by atoms with van der Waals surface area (Å²) in [5.41, 5.74) is 0.829. The molecule has 6 heteroatoms. The van der Waals surface area contributed by atoms with Crippen molar-refractivity contribution in [3.63, 3.8) is 0 Å². The molecule has 1 aromatic heterocycles. The molecular formula is C14H14ClNO3S. The molecule has 4 nitrogen and oxygen atoms in total. The lowest BCUT2D eigenvalue weighted by Crippen LogP contribution is -2.02. The first kappa shape index (κ1) is 14.7. The fourth-order valence-electron chi connectivity index (χ4n) is 1.63. The van der Waals surface area contributed by atoms with Gasteiger partial charge >= 0.3 is 5.97 Å². The van der Waals surface area contributed by atoms with E-state index < -0.39 is 0 Å². The highest BCUT2D eigenvalue weighted by molar-refractivity contribution is 7.12. The van der Waals surface area contributed by atoms with Crippen LogP contribution in [-0.2, 0) is 22.5 Å². The molecular weight excluding hydrogens is 298 g/mol. The van der Waals surface area contributed by atoms with Crippen molar-refractivity contribution in [1.82, 2.24) is 0 Å². The molecule has 0 aliphatic heterocycles. The van der Waals surface area contributed by atoms with Gasteiger partial charge in [0, 0.05) is 22.0 Å². The quantitative estimate of drug-likeness (QED) is 0.656. The van der Waals surface area contributed by atoms with Crippen molar-refractivity contribution in [3.05, 3.63) is 45.1 Å². The van der Waals surface area contributed by atoms with Crippen LogP contribution in [0.2, 0.25) is 5.02 Å². The van der Waals surface area contributed by atoms with Gasteiger partial charge in [-0.15, -0.1) is 11.3 Å². The van der Waals surface area contributed by atoms with Crippen LogP contribution in [0.3, 0.4) is 0 Å². The molecule has 0 bridgehead atoms. The van der Waals surface area contributed by atoms with Gasteiger partial charge in [0.05, 0.1) is 18.6 Å². The molecule has 2 aromatic rings. The summed E-state index contributed by atoms with van der Waals surface area (Å²) in [7, 11) is 1.38. The highest BCUT2D eigenvalue weighted by Crippen LogP contribution is 2.27. The number of hydrogen-bond acceptors (Lipinski definition) is 5.